The fraction of sp³-hybridized carbons (Fsp3) is 0.680. The molecule has 0 bridgehead atoms. The second-order valence-electron chi connectivity index (χ2n) is 9.38. The van der Waals surface area contributed by atoms with Crippen LogP contribution in [-0.4, -0.2) is 77.1 Å². The second-order valence-corrected chi connectivity index (χ2v) is 9.38. The first-order valence-corrected chi connectivity index (χ1v) is 12.6. The van der Waals surface area contributed by atoms with Gasteiger partial charge in [-0.25, -0.2) is 4.98 Å². The van der Waals surface area contributed by atoms with Gasteiger partial charge in [0, 0.05) is 38.8 Å². The first kappa shape index (κ1) is 23.1. The molecular weight excluding hydrogens is 400 g/mol. The van der Waals surface area contributed by atoms with Crippen LogP contribution in [0.25, 0.3) is 11.0 Å². The number of carbonyl (C=O) groups excluding carboxylic acids is 1. The van der Waals surface area contributed by atoms with Crippen molar-refractivity contribution in [1.29, 1.82) is 0 Å². The second kappa shape index (κ2) is 10.7. The van der Waals surface area contributed by atoms with Gasteiger partial charge in [0.2, 0.25) is 5.95 Å². The summed E-state index contributed by atoms with van der Waals surface area (Å²) >= 11 is 0. The summed E-state index contributed by atoms with van der Waals surface area (Å²) in [5.41, 5.74) is 8.00. The van der Waals surface area contributed by atoms with E-state index in [0.717, 1.165) is 69.2 Å². The summed E-state index contributed by atoms with van der Waals surface area (Å²) in [7, 11) is 0. The number of aromatic nitrogens is 2. The number of nitrogens with zero attached hydrogens (tertiary/aromatic N) is 5. The van der Waals surface area contributed by atoms with Gasteiger partial charge < -0.3 is 20.1 Å². The third-order valence-electron chi connectivity index (χ3n) is 7.27. The molecule has 2 aliphatic rings. The normalized spacial score (nSPS) is 21.2. The Morgan fingerprint density at radius 2 is 1.91 bits per heavy atom. The maximum absolute atomic E-state index is 12.1. The van der Waals surface area contributed by atoms with Crippen molar-refractivity contribution in [2.24, 2.45) is 5.73 Å². The van der Waals surface area contributed by atoms with Gasteiger partial charge in [0.25, 0.3) is 5.91 Å². The number of hydrogen-bond donors (Lipinski definition) is 1. The van der Waals surface area contributed by atoms with Gasteiger partial charge >= 0.3 is 0 Å². The molecule has 0 radical (unpaired) electrons. The lowest BCUT2D eigenvalue weighted by Gasteiger charge is -2.35. The van der Waals surface area contributed by atoms with E-state index in [0.29, 0.717) is 11.6 Å². The van der Waals surface area contributed by atoms with Crippen LogP contribution in [0, 0.1) is 0 Å². The monoisotopic (exact) mass is 440 g/mol. The average Bonchev–Trinajstić information content (AvgIpc) is 3.01. The van der Waals surface area contributed by atoms with E-state index in [1.165, 1.54) is 38.6 Å². The Balaban J connectivity index is 1.64. The van der Waals surface area contributed by atoms with Crippen molar-refractivity contribution in [2.75, 3.05) is 50.7 Å². The molecule has 0 saturated carbocycles. The first-order valence-electron chi connectivity index (χ1n) is 12.6. The van der Waals surface area contributed by atoms with Crippen molar-refractivity contribution >= 4 is 22.9 Å². The number of hydrogen-bond acceptors (Lipinski definition) is 5. The Morgan fingerprint density at radius 1 is 1.03 bits per heavy atom. The molecule has 1 aromatic carbocycles. The quantitative estimate of drug-likeness (QED) is 0.682. The van der Waals surface area contributed by atoms with Gasteiger partial charge in [0.15, 0.2) is 0 Å². The molecule has 2 N–H and O–H groups in total. The van der Waals surface area contributed by atoms with Gasteiger partial charge in [-0.15, -0.1) is 0 Å². The van der Waals surface area contributed by atoms with Crippen LogP contribution in [0.5, 0.6) is 0 Å². The highest BCUT2D eigenvalue weighted by molar-refractivity contribution is 6.04. The van der Waals surface area contributed by atoms with Crippen molar-refractivity contribution in [3.05, 3.63) is 23.8 Å². The highest BCUT2D eigenvalue weighted by Crippen LogP contribution is 2.27. The topological polar surface area (TPSA) is 70.6 Å². The summed E-state index contributed by atoms with van der Waals surface area (Å²) in [6, 6.07) is 6.51. The number of rotatable bonds is 8. The van der Waals surface area contributed by atoms with Gasteiger partial charge in [0.05, 0.1) is 11.1 Å². The molecule has 0 aliphatic carbocycles. The number of imidazole rings is 1. The van der Waals surface area contributed by atoms with Gasteiger partial charge in [-0.2, -0.15) is 0 Å². The predicted molar refractivity (Wildman–Crippen MR) is 131 cm³/mol. The Kier molecular flexibility index (Phi) is 7.68. The minimum absolute atomic E-state index is 0.404. The maximum Gasteiger partial charge on any atom is 0.250 e. The maximum atomic E-state index is 12.1. The summed E-state index contributed by atoms with van der Waals surface area (Å²) in [5.74, 6) is 0.593. The van der Waals surface area contributed by atoms with Crippen LogP contribution in [0.2, 0.25) is 0 Å². The number of para-hydroxylation sites is 1. The van der Waals surface area contributed by atoms with Crippen molar-refractivity contribution in [2.45, 2.75) is 65.0 Å². The third-order valence-corrected chi connectivity index (χ3v) is 7.27. The van der Waals surface area contributed by atoms with E-state index >= 15 is 0 Å². The van der Waals surface area contributed by atoms with E-state index in [2.05, 4.69) is 39.2 Å². The highest BCUT2D eigenvalue weighted by atomic mass is 16.1. The van der Waals surface area contributed by atoms with Crippen LogP contribution in [0.4, 0.5) is 5.95 Å². The Hall–Kier alpha value is -2.12. The molecule has 3 heterocycles. The number of primary amides is 1. The highest BCUT2D eigenvalue weighted by Gasteiger charge is 2.25. The van der Waals surface area contributed by atoms with Crippen molar-refractivity contribution < 1.29 is 4.79 Å². The SMILES string of the molecule is CCCN1CCCN(c2nc3c(C(N)=O)cccc3n2CCN2CCCCC2CC)CC1. The Labute approximate surface area is 192 Å². The average molecular weight is 441 g/mol. The molecule has 2 fully saturated rings. The molecule has 2 saturated heterocycles. The number of nitrogens with two attached hydrogens (primary N) is 1. The van der Waals surface area contributed by atoms with E-state index in [4.69, 9.17) is 10.7 Å². The zero-order valence-electron chi connectivity index (χ0n) is 19.9. The number of fused-ring (bicyclic) bond motifs is 1. The van der Waals surface area contributed by atoms with E-state index in [1.807, 2.05) is 6.07 Å². The zero-order valence-corrected chi connectivity index (χ0v) is 19.9. The van der Waals surface area contributed by atoms with Gasteiger partial charge in [-0.05, 0) is 63.9 Å². The molecule has 1 aromatic heterocycles. The number of benzene rings is 1. The van der Waals surface area contributed by atoms with Crippen LogP contribution in [-0.2, 0) is 6.54 Å². The van der Waals surface area contributed by atoms with Crippen LogP contribution >= 0.6 is 0 Å². The Bertz CT molecular complexity index is 909. The van der Waals surface area contributed by atoms with Gasteiger partial charge in [-0.3, -0.25) is 9.69 Å². The summed E-state index contributed by atoms with van der Waals surface area (Å²) in [5, 5.41) is 0. The predicted octanol–water partition coefficient (Wildman–Crippen LogP) is 3.32. The molecule has 7 heteroatoms. The first-order chi connectivity index (χ1) is 15.6. The molecule has 7 nitrogen and oxygen atoms in total. The van der Waals surface area contributed by atoms with Crippen LogP contribution in [0.1, 0.15) is 62.7 Å². The molecule has 0 spiro atoms. The Morgan fingerprint density at radius 3 is 2.69 bits per heavy atom. The fourth-order valence-electron chi connectivity index (χ4n) is 5.55. The molecule has 1 atom stereocenters. The molecule has 176 valence electrons. The lowest BCUT2D eigenvalue weighted by molar-refractivity contribution is 0.100. The van der Waals surface area contributed by atoms with Crippen molar-refractivity contribution in [1.82, 2.24) is 19.4 Å². The summed E-state index contributed by atoms with van der Waals surface area (Å²) in [4.78, 5) is 24.8. The van der Waals surface area contributed by atoms with Crippen LogP contribution in [0.15, 0.2) is 18.2 Å². The third kappa shape index (κ3) is 4.94. The van der Waals surface area contributed by atoms with Crippen molar-refractivity contribution in [3.8, 4) is 0 Å². The standard InChI is InChI=1S/C25H40N6O/c1-3-12-28-13-8-15-30(17-16-28)25-27-23-21(24(26)32)10-7-11-22(23)31(25)19-18-29-14-6-5-9-20(29)4-2/h7,10-11,20H,3-6,8-9,12-19H2,1-2H3,(H2,26,32). The van der Waals surface area contributed by atoms with E-state index in [9.17, 15) is 4.79 Å². The molecule has 32 heavy (non-hydrogen) atoms. The van der Waals surface area contributed by atoms with E-state index in [-0.39, 0.29) is 0 Å². The van der Waals surface area contributed by atoms with Crippen LogP contribution < -0.4 is 10.6 Å². The molecule has 1 unspecified atom stereocenters. The lowest BCUT2D eigenvalue weighted by atomic mass is 10.0. The molecular formula is C25H40N6O. The molecule has 2 aliphatic heterocycles. The molecule has 2 aromatic rings. The number of carbonyl (C=O) groups is 1. The molecule has 4 rings (SSSR count). The smallest absolute Gasteiger partial charge is 0.250 e. The molecule has 1 amide bonds. The van der Waals surface area contributed by atoms with Gasteiger partial charge in [0.1, 0.15) is 5.52 Å². The number of likely N-dealkylation sites (tertiary alicyclic amines) is 1. The fourth-order valence-corrected chi connectivity index (χ4v) is 5.55. The zero-order chi connectivity index (χ0) is 22.5. The number of amides is 1. The number of piperidine rings is 1. The minimum Gasteiger partial charge on any atom is -0.366 e. The van der Waals surface area contributed by atoms with Gasteiger partial charge in [-0.1, -0.05) is 26.3 Å². The van der Waals surface area contributed by atoms with E-state index < -0.39 is 5.91 Å². The number of anilines is 1. The largest absolute Gasteiger partial charge is 0.366 e. The van der Waals surface area contributed by atoms with Crippen LogP contribution in [0.3, 0.4) is 0 Å². The van der Waals surface area contributed by atoms with Crippen molar-refractivity contribution in [3.63, 3.8) is 0 Å². The minimum atomic E-state index is -0.404. The summed E-state index contributed by atoms with van der Waals surface area (Å²) in [6.07, 6.45) is 7.48. The van der Waals surface area contributed by atoms with E-state index in [1.54, 1.807) is 6.07 Å². The lowest BCUT2D eigenvalue weighted by Crippen LogP contribution is -2.41. The summed E-state index contributed by atoms with van der Waals surface area (Å²) < 4.78 is 2.35. The summed E-state index contributed by atoms with van der Waals surface area (Å²) in [6.45, 7) is 13.0.